The van der Waals surface area contributed by atoms with Gasteiger partial charge in [0, 0.05) is 0 Å². The number of hydrogen-bond acceptors (Lipinski definition) is 4. The van der Waals surface area contributed by atoms with E-state index in [1.807, 2.05) is 36.4 Å². The first-order valence-corrected chi connectivity index (χ1v) is 11.2. The zero-order chi connectivity index (χ0) is 24.1. The number of fused-ring (bicyclic) bond motifs is 2. The Balaban J connectivity index is 1.50. The number of aliphatic carboxylic acids is 2. The van der Waals surface area contributed by atoms with Crippen LogP contribution >= 0.6 is 0 Å². The van der Waals surface area contributed by atoms with Crippen LogP contribution < -0.4 is 9.47 Å². The largest absolute Gasteiger partial charge is 0.497 e. The predicted molar refractivity (Wildman–Crippen MR) is 126 cm³/mol. The zero-order valence-electron chi connectivity index (χ0n) is 19.1. The smallest absolute Gasteiger partial charge is 0.314 e. The second-order valence-corrected chi connectivity index (χ2v) is 9.33. The molecule has 2 aliphatic rings. The maximum atomic E-state index is 12.5. The van der Waals surface area contributed by atoms with E-state index in [4.69, 9.17) is 9.47 Å². The van der Waals surface area contributed by atoms with Crippen LogP contribution in [-0.4, -0.2) is 36.4 Å². The lowest BCUT2D eigenvalue weighted by Crippen LogP contribution is -2.37. The van der Waals surface area contributed by atoms with Crippen molar-refractivity contribution in [3.05, 3.63) is 94.0 Å². The molecule has 3 aromatic rings. The fourth-order valence-electron chi connectivity index (χ4n) is 5.65. The van der Waals surface area contributed by atoms with Crippen molar-refractivity contribution < 1.29 is 29.3 Å². The molecule has 0 amide bonds. The Bertz CT molecular complexity index is 1140. The van der Waals surface area contributed by atoms with Crippen LogP contribution in [0.3, 0.4) is 0 Å². The van der Waals surface area contributed by atoms with Crippen LogP contribution in [0, 0.1) is 0 Å². The SMILES string of the molecule is COc1ccc(C2(C(=O)O)Cc3cc4c(cc3C2)CC(C(=O)O)(c2ccc(OC)cc2)C4)cc1. The molecule has 174 valence electrons. The molecule has 0 saturated heterocycles. The molecule has 34 heavy (non-hydrogen) atoms. The van der Waals surface area contributed by atoms with Gasteiger partial charge in [-0.2, -0.15) is 0 Å². The molecule has 0 atom stereocenters. The third-order valence-electron chi connectivity index (χ3n) is 7.59. The third-order valence-corrected chi connectivity index (χ3v) is 7.59. The van der Waals surface area contributed by atoms with E-state index in [9.17, 15) is 19.8 Å². The highest BCUT2D eigenvalue weighted by atomic mass is 16.5. The molecule has 0 aliphatic heterocycles. The second-order valence-electron chi connectivity index (χ2n) is 9.33. The molecule has 0 radical (unpaired) electrons. The lowest BCUT2D eigenvalue weighted by molar-refractivity contribution is -0.144. The van der Waals surface area contributed by atoms with Gasteiger partial charge in [-0.25, -0.2) is 0 Å². The van der Waals surface area contributed by atoms with Gasteiger partial charge in [-0.05, 0) is 83.3 Å². The summed E-state index contributed by atoms with van der Waals surface area (Å²) in [7, 11) is 3.16. The van der Waals surface area contributed by atoms with Crippen molar-refractivity contribution in [1.82, 2.24) is 0 Å². The van der Waals surface area contributed by atoms with Crippen LogP contribution in [0.5, 0.6) is 11.5 Å². The Hall–Kier alpha value is -3.80. The Kier molecular flexibility index (Phi) is 5.12. The summed E-state index contributed by atoms with van der Waals surface area (Å²) in [6.07, 6.45) is 1.50. The minimum Gasteiger partial charge on any atom is -0.497 e. The molecule has 0 unspecified atom stereocenters. The van der Waals surface area contributed by atoms with E-state index in [0.717, 1.165) is 33.4 Å². The van der Waals surface area contributed by atoms with E-state index in [2.05, 4.69) is 0 Å². The minimum absolute atomic E-state index is 0.375. The van der Waals surface area contributed by atoms with Crippen molar-refractivity contribution in [1.29, 1.82) is 0 Å². The van der Waals surface area contributed by atoms with Gasteiger partial charge in [0.25, 0.3) is 0 Å². The fraction of sp³-hybridized carbons (Fsp3) is 0.286. The quantitative estimate of drug-likeness (QED) is 0.581. The molecule has 6 nitrogen and oxygen atoms in total. The van der Waals surface area contributed by atoms with Crippen molar-refractivity contribution in [3.63, 3.8) is 0 Å². The average molecular weight is 459 g/mol. The summed E-state index contributed by atoms with van der Waals surface area (Å²) in [6, 6.07) is 18.5. The second kappa shape index (κ2) is 7.90. The number of ether oxygens (including phenoxy) is 2. The number of rotatable bonds is 6. The van der Waals surface area contributed by atoms with Gasteiger partial charge in [-0.15, -0.1) is 0 Å². The lowest BCUT2D eigenvalue weighted by Gasteiger charge is -2.25. The minimum atomic E-state index is -1.04. The number of carboxylic acid groups (broad SMARTS) is 2. The fourth-order valence-corrected chi connectivity index (χ4v) is 5.65. The predicted octanol–water partition coefficient (Wildman–Crippen LogP) is 3.95. The van der Waals surface area contributed by atoms with Gasteiger partial charge in [0.1, 0.15) is 22.3 Å². The average Bonchev–Trinajstić information content (AvgIpc) is 3.42. The summed E-state index contributed by atoms with van der Waals surface area (Å²) in [5.41, 5.74) is 3.33. The molecule has 6 heteroatoms. The molecular weight excluding hydrogens is 432 g/mol. The lowest BCUT2D eigenvalue weighted by atomic mass is 9.77. The molecule has 2 aliphatic carbocycles. The Labute approximate surface area is 197 Å². The number of hydrogen-bond donors (Lipinski definition) is 2. The van der Waals surface area contributed by atoms with Crippen molar-refractivity contribution in [2.24, 2.45) is 0 Å². The van der Waals surface area contributed by atoms with Crippen molar-refractivity contribution in [3.8, 4) is 11.5 Å². The number of methoxy groups -OCH3 is 2. The van der Waals surface area contributed by atoms with E-state index < -0.39 is 22.8 Å². The summed E-state index contributed by atoms with van der Waals surface area (Å²) in [5, 5.41) is 20.5. The van der Waals surface area contributed by atoms with Crippen LogP contribution in [0.25, 0.3) is 0 Å². The molecule has 0 saturated carbocycles. The topological polar surface area (TPSA) is 93.1 Å². The van der Waals surface area contributed by atoms with Gasteiger partial charge < -0.3 is 19.7 Å². The highest BCUT2D eigenvalue weighted by Gasteiger charge is 2.49. The maximum Gasteiger partial charge on any atom is 0.314 e. The maximum absolute atomic E-state index is 12.5. The van der Waals surface area contributed by atoms with Gasteiger partial charge in [-0.1, -0.05) is 36.4 Å². The van der Waals surface area contributed by atoms with Gasteiger partial charge in [-0.3, -0.25) is 9.59 Å². The first kappa shape index (κ1) is 22.0. The summed E-state index contributed by atoms with van der Waals surface area (Å²) < 4.78 is 10.5. The van der Waals surface area contributed by atoms with Crippen LogP contribution in [0.15, 0.2) is 60.7 Å². The molecular formula is C28H26O6. The molecule has 3 aromatic carbocycles. The van der Waals surface area contributed by atoms with E-state index in [1.165, 1.54) is 0 Å². The van der Waals surface area contributed by atoms with Crippen LogP contribution in [0.1, 0.15) is 33.4 Å². The molecule has 0 spiro atoms. The Morgan fingerprint density at radius 2 is 0.912 bits per heavy atom. The van der Waals surface area contributed by atoms with Crippen molar-refractivity contribution >= 4 is 11.9 Å². The van der Waals surface area contributed by atoms with Crippen LogP contribution in [-0.2, 0) is 46.1 Å². The molecule has 0 fully saturated rings. The van der Waals surface area contributed by atoms with Gasteiger partial charge >= 0.3 is 11.9 Å². The van der Waals surface area contributed by atoms with Gasteiger partial charge in [0.2, 0.25) is 0 Å². The number of carboxylic acids is 2. The van der Waals surface area contributed by atoms with Gasteiger partial charge in [0.05, 0.1) is 14.2 Å². The molecule has 0 aromatic heterocycles. The van der Waals surface area contributed by atoms with Crippen LogP contribution in [0.4, 0.5) is 0 Å². The summed E-state index contributed by atoms with van der Waals surface area (Å²) in [5.74, 6) is -0.344. The first-order valence-electron chi connectivity index (χ1n) is 11.2. The summed E-state index contributed by atoms with van der Waals surface area (Å²) >= 11 is 0. The number of carbonyl (C=O) groups is 2. The Morgan fingerprint density at radius 3 is 1.15 bits per heavy atom. The van der Waals surface area contributed by atoms with E-state index in [0.29, 0.717) is 37.2 Å². The first-order chi connectivity index (χ1) is 16.3. The van der Waals surface area contributed by atoms with E-state index in [1.54, 1.807) is 38.5 Å². The molecule has 0 bridgehead atoms. The van der Waals surface area contributed by atoms with E-state index in [-0.39, 0.29) is 0 Å². The van der Waals surface area contributed by atoms with Crippen molar-refractivity contribution in [2.45, 2.75) is 36.5 Å². The highest BCUT2D eigenvalue weighted by Crippen LogP contribution is 2.46. The molecule has 5 rings (SSSR count). The Morgan fingerprint density at radius 1 is 0.618 bits per heavy atom. The third kappa shape index (κ3) is 3.24. The zero-order valence-corrected chi connectivity index (χ0v) is 19.1. The highest BCUT2D eigenvalue weighted by molar-refractivity contribution is 5.85. The van der Waals surface area contributed by atoms with E-state index >= 15 is 0 Å². The van der Waals surface area contributed by atoms with Gasteiger partial charge in [0.15, 0.2) is 0 Å². The van der Waals surface area contributed by atoms with Crippen molar-refractivity contribution in [2.75, 3.05) is 14.2 Å². The summed E-state index contributed by atoms with van der Waals surface area (Å²) in [6.45, 7) is 0. The standard InChI is InChI=1S/C28H26O6/c1-33-23-7-3-21(4-8-23)27(25(29)30)13-17-11-19-15-28(26(31)32,16-20(19)12-18(17)14-27)22-5-9-24(34-2)10-6-22/h3-12H,13-16H2,1-2H3,(H,29,30)(H,31,32). The normalized spacial score (nSPS) is 17.0. The van der Waals surface area contributed by atoms with Crippen LogP contribution in [0.2, 0.25) is 0 Å². The summed E-state index contributed by atoms with van der Waals surface area (Å²) in [4.78, 5) is 25.0. The molecule has 2 N–H and O–H groups in total. The molecule has 0 heterocycles. The number of benzene rings is 3. The monoisotopic (exact) mass is 458 g/mol.